The summed E-state index contributed by atoms with van der Waals surface area (Å²) in [6, 6.07) is 13.9. The Morgan fingerprint density at radius 3 is 2.68 bits per heavy atom. The minimum Gasteiger partial charge on any atom is -0.455 e. The zero-order valence-corrected chi connectivity index (χ0v) is 15.9. The van der Waals surface area contributed by atoms with Crippen LogP contribution in [0.25, 0.3) is 0 Å². The van der Waals surface area contributed by atoms with Gasteiger partial charge in [-0.2, -0.15) is 0 Å². The number of carbonyl (C=O) groups is 2. The predicted molar refractivity (Wildman–Crippen MR) is 105 cm³/mol. The summed E-state index contributed by atoms with van der Waals surface area (Å²) in [7, 11) is 0. The lowest BCUT2D eigenvalue weighted by molar-refractivity contribution is -0.384. The summed E-state index contributed by atoms with van der Waals surface area (Å²) in [6.45, 7) is -0.321. The maximum atomic E-state index is 12.1. The average molecular weight is 400 g/mol. The molecule has 0 heterocycles. The van der Waals surface area contributed by atoms with Gasteiger partial charge < -0.3 is 10.1 Å². The molecule has 8 heteroatoms. The van der Waals surface area contributed by atoms with E-state index in [9.17, 15) is 19.7 Å². The van der Waals surface area contributed by atoms with E-state index in [1.165, 1.54) is 29.5 Å². The van der Waals surface area contributed by atoms with Gasteiger partial charge in [0, 0.05) is 17.0 Å². The SMILES string of the molecule is O=C(COC(=O)CSc1ccc([N+](=O)[O-])cc1)N[C@@H]1CCCc2ccccc21. The van der Waals surface area contributed by atoms with Gasteiger partial charge in [0.15, 0.2) is 6.61 Å². The van der Waals surface area contributed by atoms with Gasteiger partial charge in [0.25, 0.3) is 11.6 Å². The van der Waals surface area contributed by atoms with Crippen molar-refractivity contribution >= 4 is 29.3 Å². The number of nitro groups is 1. The summed E-state index contributed by atoms with van der Waals surface area (Å²) in [5.41, 5.74) is 2.37. The van der Waals surface area contributed by atoms with Crippen LogP contribution in [-0.4, -0.2) is 29.2 Å². The number of fused-ring (bicyclic) bond motifs is 1. The van der Waals surface area contributed by atoms with E-state index in [0.717, 1.165) is 24.8 Å². The van der Waals surface area contributed by atoms with Crippen LogP contribution in [0.3, 0.4) is 0 Å². The Balaban J connectivity index is 1.42. The largest absolute Gasteiger partial charge is 0.455 e. The fourth-order valence-corrected chi connectivity index (χ4v) is 3.83. The van der Waals surface area contributed by atoms with E-state index in [1.807, 2.05) is 18.2 Å². The highest BCUT2D eigenvalue weighted by molar-refractivity contribution is 8.00. The Bertz CT molecular complexity index is 869. The van der Waals surface area contributed by atoms with E-state index in [0.29, 0.717) is 4.90 Å². The monoisotopic (exact) mass is 400 g/mol. The summed E-state index contributed by atoms with van der Waals surface area (Å²) >= 11 is 1.20. The molecule has 0 fully saturated rings. The Morgan fingerprint density at radius 1 is 1.18 bits per heavy atom. The molecule has 0 aromatic heterocycles. The Kier molecular flexibility index (Phi) is 6.65. The normalized spacial score (nSPS) is 15.4. The van der Waals surface area contributed by atoms with Crippen molar-refractivity contribution in [3.8, 4) is 0 Å². The predicted octanol–water partition coefficient (Wildman–Crippen LogP) is 3.42. The molecule has 146 valence electrons. The van der Waals surface area contributed by atoms with Gasteiger partial charge in [-0.15, -0.1) is 11.8 Å². The van der Waals surface area contributed by atoms with Crippen LogP contribution in [0.15, 0.2) is 53.4 Å². The van der Waals surface area contributed by atoms with Crippen LogP contribution in [0.1, 0.15) is 30.0 Å². The number of ether oxygens (including phenoxy) is 1. The molecule has 0 unspecified atom stereocenters. The number of hydrogen-bond donors (Lipinski definition) is 1. The summed E-state index contributed by atoms with van der Waals surface area (Å²) < 4.78 is 5.04. The fourth-order valence-electron chi connectivity index (χ4n) is 3.13. The number of benzene rings is 2. The molecular formula is C20H20N2O5S. The lowest BCUT2D eigenvalue weighted by atomic mass is 9.88. The van der Waals surface area contributed by atoms with E-state index < -0.39 is 10.9 Å². The van der Waals surface area contributed by atoms with Crippen molar-refractivity contribution in [1.29, 1.82) is 0 Å². The van der Waals surface area contributed by atoms with Crippen LogP contribution in [-0.2, 0) is 20.7 Å². The molecule has 0 bridgehead atoms. The van der Waals surface area contributed by atoms with Gasteiger partial charge in [0.05, 0.1) is 16.7 Å². The van der Waals surface area contributed by atoms with E-state index in [-0.39, 0.29) is 30.0 Å². The third-order valence-corrected chi connectivity index (χ3v) is 5.46. The van der Waals surface area contributed by atoms with E-state index in [2.05, 4.69) is 11.4 Å². The highest BCUT2D eigenvalue weighted by Gasteiger charge is 2.21. The number of hydrogen-bond acceptors (Lipinski definition) is 6. The molecule has 0 saturated carbocycles. The number of nitrogens with zero attached hydrogens (tertiary/aromatic N) is 1. The lowest BCUT2D eigenvalue weighted by Gasteiger charge is -2.26. The van der Waals surface area contributed by atoms with Crippen LogP contribution >= 0.6 is 11.8 Å². The molecule has 1 N–H and O–H groups in total. The van der Waals surface area contributed by atoms with E-state index in [4.69, 9.17) is 4.74 Å². The Labute approximate surface area is 166 Å². The molecule has 7 nitrogen and oxygen atoms in total. The maximum Gasteiger partial charge on any atom is 0.316 e. The molecule has 1 amide bonds. The van der Waals surface area contributed by atoms with Crippen LogP contribution in [0.4, 0.5) is 5.69 Å². The molecule has 0 radical (unpaired) electrons. The first-order chi connectivity index (χ1) is 13.5. The van der Waals surface area contributed by atoms with E-state index in [1.54, 1.807) is 12.1 Å². The first kappa shape index (κ1) is 19.9. The average Bonchev–Trinajstić information content (AvgIpc) is 2.71. The highest BCUT2D eigenvalue weighted by atomic mass is 32.2. The third-order valence-electron chi connectivity index (χ3n) is 4.47. The van der Waals surface area contributed by atoms with Gasteiger partial charge >= 0.3 is 5.97 Å². The van der Waals surface area contributed by atoms with Crippen molar-refractivity contribution in [2.24, 2.45) is 0 Å². The summed E-state index contributed by atoms with van der Waals surface area (Å²) in [6.07, 6.45) is 2.89. The molecule has 1 atom stereocenters. The van der Waals surface area contributed by atoms with Crippen LogP contribution in [0, 0.1) is 10.1 Å². The van der Waals surface area contributed by atoms with Gasteiger partial charge in [-0.25, -0.2) is 0 Å². The minimum atomic E-state index is -0.512. The topological polar surface area (TPSA) is 98.5 Å². The molecular weight excluding hydrogens is 380 g/mol. The van der Waals surface area contributed by atoms with Crippen molar-refractivity contribution in [2.75, 3.05) is 12.4 Å². The number of non-ortho nitro benzene ring substituents is 1. The standard InChI is InChI=1S/C20H20N2O5S/c23-19(21-18-7-3-5-14-4-1-2-6-17(14)18)12-27-20(24)13-28-16-10-8-15(9-11-16)22(25)26/h1-2,4,6,8-11,18H,3,5,7,12-13H2,(H,21,23)/t18-/m1/s1. The first-order valence-electron chi connectivity index (χ1n) is 8.93. The summed E-state index contributed by atoms with van der Waals surface area (Å²) in [4.78, 5) is 34.9. The second-order valence-electron chi connectivity index (χ2n) is 6.41. The van der Waals surface area contributed by atoms with Crippen LogP contribution in [0.5, 0.6) is 0 Å². The van der Waals surface area contributed by atoms with Crippen LogP contribution < -0.4 is 5.32 Å². The van der Waals surface area contributed by atoms with Gasteiger partial charge in [-0.3, -0.25) is 19.7 Å². The number of esters is 1. The van der Waals surface area contributed by atoms with Crippen molar-refractivity contribution < 1.29 is 19.2 Å². The maximum absolute atomic E-state index is 12.1. The van der Waals surface area contributed by atoms with Gasteiger partial charge in [-0.1, -0.05) is 24.3 Å². The number of nitro benzene ring substituents is 1. The molecule has 3 rings (SSSR count). The molecule has 0 aliphatic heterocycles. The number of amides is 1. The number of rotatable bonds is 7. The second-order valence-corrected chi connectivity index (χ2v) is 7.46. The van der Waals surface area contributed by atoms with Gasteiger partial charge in [0.1, 0.15) is 0 Å². The lowest BCUT2D eigenvalue weighted by Crippen LogP contribution is -2.34. The molecule has 2 aromatic carbocycles. The molecule has 1 aliphatic carbocycles. The quantitative estimate of drug-likeness (QED) is 0.331. The van der Waals surface area contributed by atoms with Crippen molar-refractivity contribution in [1.82, 2.24) is 5.32 Å². The van der Waals surface area contributed by atoms with Crippen molar-refractivity contribution in [3.05, 3.63) is 69.8 Å². The molecule has 28 heavy (non-hydrogen) atoms. The Morgan fingerprint density at radius 2 is 1.93 bits per heavy atom. The molecule has 2 aromatic rings. The Hall–Kier alpha value is -2.87. The smallest absolute Gasteiger partial charge is 0.316 e. The molecule has 0 saturated heterocycles. The van der Waals surface area contributed by atoms with Gasteiger partial charge in [-0.05, 0) is 42.5 Å². The summed E-state index contributed by atoms with van der Waals surface area (Å²) in [5, 5.41) is 13.6. The van der Waals surface area contributed by atoms with Crippen molar-refractivity contribution in [2.45, 2.75) is 30.2 Å². The second kappa shape index (κ2) is 9.36. The van der Waals surface area contributed by atoms with Crippen LogP contribution in [0.2, 0.25) is 0 Å². The number of aryl methyl sites for hydroxylation is 1. The number of thioether (sulfide) groups is 1. The van der Waals surface area contributed by atoms with E-state index >= 15 is 0 Å². The molecule has 1 aliphatic rings. The fraction of sp³-hybridized carbons (Fsp3) is 0.300. The van der Waals surface area contributed by atoms with Gasteiger partial charge in [0.2, 0.25) is 0 Å². The number of nitrogens with one attached hydrogen (secondary N) is 1. The first-order valence-corrected chi connectivity index (χ1v) is 9.91. The highest BCUT2D eigenvalue weighted by Crippen LogP contribution is 2.29. The van der Waals surface area contributed by atoms with Crippen molar-refractivity contribution in [3.63, 3.8) is 0 Å². The zero-order chi connectivity index (χ0) is 19.9. The zero-order valence-electron chi connectivity index (χ0n) is 15.1. The summed E-state index contributed by atoms with van der Waals surface area (Å²) in [5.74, 6) is -0.810. The number of carbonyl (C=O) groups excluding carboxylic acids is 2. The third kappa shape index (κ3) is 5.32. The minimum absolute atomic E-state index is 0.00659. The molecule has 0 spiro atoms.